The summed E-state index contributed by atoms with van der Waals surface area (Å²) in [6, 6.07) is 8.45. The zero-order chi connectivity index (χ0) is 14.9. The number of hydrogen-bond donors (Lipinski definition) is 2. The van der Waals surface area contributed by atoms with Crippen molar-refractivity contribution in [2.24, 2.45) is 11.7 Å². The van der Waals surface area contributed by atoms with Crippen LogP contribution in [-0.2, 0) is 6.42 Å². The predicted molar refractivity (Wildman–Crippen MR) is 89.2 cm³/mol. The zero-order valence-electron chi connectivity index (χ0n) is 13.3. The molecule has 0 saturated heterocycles. The van der Waals surface area contributed by atoms with Crippen LogP contribution in [0.25, 0.3) is 0 Å². The van der Waals surface area contributed by atoms with Crippen LogP contribution in [0.2, 0.25) is 0 Å². The topological polar surface area (TPSA) is 46.2 Å². The Balaban J connectivity index is 1.85. The van der Waals surface area contributed by atoms with Gasteiger partial charge in [0.2, 0.25) is 0 Å². The molecule has 1 fully saturated rings. The van der Waals surface area contributed by atoms with Crippen LogP contribution in [0.4, 0.5) is 0 Å². The molecule has 0 heterocycles. The molecule has 0 spiro atoms. The Morgan fingerprint density at radius 1 is 1.10 bits per heavy atom. The Morgan fingerprint density at radius 3 is 2.52 bits per heavy atom. The van der Waals surface area contributed by atoms with Gasteiger partial charge in [-0.25, -0.2) is 0 Å². The molecule has 2 nitrogen and oxygen atoms in total. The van der Waals surface area contributed by atoms with Crippen molar-refractivity contribution in [1.29, 1.82) is 0 Å². The number of benzene rings is 1. The first-order chi connectivity index (χ1) is 10.3. The minimum atomic E-state index is -0.406. The van der Waals surface area contributed by atoms with E-state index in [0.29, 0.717) is 13.0 Å². The highest BCUT2D eigenvalue weighted by atomic mass is 16.3. The lowest BCUT2D eigenvalue weighted by molar-refractivity contribution is 0.170. The van der Waals surface area contributed by atoms with Gasteiger partial charge in [0, 0.05) is 0 Å². The molecule has 1 aliphatic rings. The van der Waals surface area contributed by atoms with Gasteiger partial charge in [0.25, 0.3) is 0 Å². The van der Waals surface area contributed by atoms with E-state index in [0.717, 1.165) is 17.9 Å². The van der Waals surface area contributed by atoms with Gasteiger partial charge in [-0.3, -0.25) is 0 Å². The molecule has 1 aliphatic carbocycles. The highest BCUT2D eigenvalue weighted by molar-refractivity contribution is 5.25. The summed E-state index contributed by atoms with van der Waals surface area (Å²) in [5.74, 6) is 0.905. The van der Waals surface area contributed by atoms with E-state index in [-0.39, 0.29) is 0 Å². The highest BCUT2D eigenvalue weighted by Crippen LogP contribution is 2.26. The smallest absolute Gasteiger partial charge is 0.0802 e. The van der Waals surface area contributed by atoms with E-state index in [1.807, 2.05) is 6.07 Å². The molecule has 0 radical (unpaired) electrons. The Kier molecular flexibility index (Phi) is 7.25. The normalized spacial score (nSPS) is 19.0. The lowest BCUT2D eigenvalue weighted by Crippen LogP contribution is -2.08. The van der Waals surface area contributed by atoms with Gasteiger partial charge in [0.1, 0.15) is 0 Å². The summed E-state index contributed by atoms with van der Waals surface area (Å²) in [6.45, 7) is 0.535. The molecular weight excluding hydrogens is 258 g/mol. The molecule has 21 heavy (non-hydrogen) atoms. The third kappa shape index (κ3) is 5.80. The first-order valence-electron chi connectivity index (χ1n) is 8.76. The number of aliphatic hydroxyl groups is 1. The fourth-order valence-electron chi connectivity index (χ4n) is 3.48. The van der Waals surface area contributed by atoms with E-state index < -0.39 is 6.10 Å². The van der Waals surface area contributed by atoms with Crippen molar-refractivity contribution >= 4 is 0 Å². The summed E-state index contributed by atoms with van der Waals surface area (Å²) in [7, 11) is 0. The number of aryl methyl sites for hydroxylation is 1. The molecule has 0 amide bonds. The van der Waals surface area contributed by atoms with Gasteiger partial charge < -0.3 is 10.8 Å². The van der Waals surface area contributed by atoms with E-state index in [1.165, 1.54) is 56.9 Å². The van der Waals surface area contributed by atoms with Gasteiger partial charge >= 0.3 is 0 Å². The second-order valence-corrected chi connectivity index (χ2v) is 6.59. The van der Waals surface area contributed by atoms with E-state index in [2.05, 4.69) is 18.2 Å². The molecule has 1 aromatic carbocycles. The molecule has 118 valence electrons. The van der Waals surface area contributed by atoms with Crippen LogP contribution in [0.3, 0.4) is 0 Å². The second-order valence-electron chi connectivity index (χ2n) is 6.59. The fourth-order valence-corrected chi connectivity index (χ4v) is 3.48. The molecule has 0 aliphatic heterocycles. The van der Waals surface area contributed by atoms with Crippen molar-refractivity contribution in [2.75, 3.05) is 6.54 Å². The lowest BCUT2D eigenvalue weighted by atomic mass is 9.87. The summed E-state index contributed by atoms with van der Waals surface area (Å²) in [6.07, 6.45) is 12.6. The van der Waals surface area contributed by atoms with Crippen molar-refractivity contribution in [3.63, 3.8) is 0 Å². The maximum Gasteiger partial charge on any atom is 0.0802 e. The van der Waals surface area contributed by atoms with E-state index in [1.54, 1.807) is 0 Å². The van der Waals surface area contributed by atoms with Crippen molar-refractivity contribution in [3.05, 3.63) is 35.4 Å². The van der Waals surface area contributed by atoms with Crippen LogP contribution in [0, 0.1) is 5.92 Å². The number of aliphatic hydroxyl groups excluding tert-OH is 1. The Morgan fingerprint density at radius 2 is 1.81 bits per heavy atom. The van der Waals surface area contributed by atoms with Crippen LogP contribution < -0.4 is 5.73 Å². The van der Waals surface area contributed by atoms with Gasteiger partial charge in [-0.2, -0.15) is 0 Å². The standard InChI is InChI=1S/C19H31NO/c20-14-13-19(21)18-10-6-9-17(15-18)12-11-16-7-4-2-1-3-5-8-16/h6,9-10,15-16,19,21H,1-5,7-8,11-14,20H2. The summed E-state index contributed by atoms with van der Waals surface area (Å²) in [5, 5.41) is 10.1. The molecule has 1 unspecified atom stereocenters. The van der Waals surface area contributed by atoms with Crippen LogP contribution in [0.1, 0.15) is 75.0 Å². The largest absolute Gasteiger partial charge is 0.388 e. The average molecular weight is 289 g/mol. The fraction of sp³-hybridized carbons (Fsp3) is 0.684. The molecule has 2 heteroatoms. The lowest BCUT2D eigenvalue weighted by Gasteiger charge is -2.19. The number of nitrogens with two attached hydrogens (primary N) is 1. The molecule has 1 aromatic rings. The third-order valence-electron chi connectivity index (χ3n) is 4.84. The Hall–Kier alpha value is -0.860. The number of rotatable bonds is 6. The molecule has 0 aromatic heterocycles. The molecular formula is C19H31NO. The van der Waals surface area contributed by atoms with Crippen LogP contribution in [0.5, 0.6) is 0 Å². The Bertz CT molecular complexity index is 396. The summed E-state index contributed by atoms with van der Waals surface area (Å²) in [4.78, 5) is 0. The van der Waals surface area contributed by atoms with E-state index in [9.17, 15) is 5.11 Å². The summed E-state index contributed by atoms with van der Waals surface area (Å²) >= 11 is 0. The maximum atomic E-state index is 10.1. The first kappa shape index (κ1) is 16.5. The van der Waals surface area contributed by atoms with Gasteiger partial charge in [-0.15, -0.1) is 0 Å². The molecule has 1 atom stereocenters. The van der Waals surface area contributed by atoms with Crippen molar-refractivity contribution in [1.82, 2.24) is 0 Å². The molecule has 2 rings (SSSR count). The quantitative estimate of drug-likeness (QED) is 0.817. The van der Waals surface area contributed by atoms with Gasteiger partial charge in [0.05, 0.1) is 6.10 Å². The molecule has 3 N–H and O–H groups in total. The van der Waals surface area contributed by atoms with Crippen LogP contribution in [-0.4, -0.2) is 11.7 Å². The number of hydrogen-bond acceptors (Lipinski definition) is 2. The first-order valence-corrected chi connectivity index (χ1v) is 8.76. The minimum Gasteiger partial charge on any atom is -0.388 e. The highest BCUT2D eigenvalue weighted by Gasteiger charge is 2.12. The second kappa shape index (κ2) is 9.22. The van der Waals surface area contributed by atoms with Crippen LogP contribution in [0.15, 0.2) is 24.3 Å². The van der Waals surface area contributed by atoms with E-state index >= 15 is 0 Å². The van der Waals surface area contributed by atoms with Crippen LogP contribution >= 0.6 is 0 Å². The zero-order valence-corrected chi connectivity index (χ0v) is 13.3. The van der Waals surface area contributed by atoms with Gasteiger partial charge in [-0.1, -0.05) is 69.2 Å². The Labute approximate surface area is 129 Å². The summed E-state index contributed by atoms with van der Waals surface area (Å²) < 4.78 is 0. The maximum absolute atomic E-state index is 10.1. The van der Waals surface area contributed by atoms with Gasteiger partial charge in [0.15, 0.2) is 0 Å². The van der Waals surface area contributed by atoms with Crippen molar-refractivity contribution in [3.8, 4) is 0 Å². The van der Waals surface area contributed by atoms with Gasteiger partial charge in [-0.05, 0) is 42.9 Å². The molecule has 0 bridgehead atoms. The molecule has 1 saturated carbocycles. The van der Waals surface area contributed by atoms with E-state index in [4.69, 9.17) is 5.73 Å². The predicted octanol–water partition coefficient (Wildman–Crippen LogP) is 4.36. The third-order valence-corrected chi connectivity index (χ3v) is 4.84. The minimum absolute atomic E-state index is 0.406. The average Bonchev–Trinajstić information content (AvgIpc) is 2.47. The van der Waals surface area contributed by atoms with Crippen molar-refractivity contribution < 1.29 is 5.11 Å². The van der Waals surface area contributed by atoms with Crippen molar-refractivity contribution in [2.45, 2.75) is 70.3 Å². The summed E-state index contributed by atoms with van der Waals surface area (Å²) in [5.41, 5.74) is 7.92. The SMILES string of the molecule is NCCC(O)c1cccc(CCC2CCCCCCC2)c1. The monoisotopic (exact) mass is 289 g/mol.